The first kappa shape index (κ1) is 20.2. The molecule has 3 rings (SSSR count). The van der Waals surface area contributed by atoms with Crippen LogP contribution in [0, 0.1) is 0 Å². The largest absolute Gasteiger partial charge is 0.377 e. The Hall–Kier alpha value is -1.59. The zero-order chi connectivity index (χ0) is 19.1. The first-order valence-electron chi connectivity index (χ1n) is 10.6. The number of hydrogen-bond donors (Lipinski definition) is 2. The number of hydrogen-bond acceptors (Lipinski definition) is 3. The van der Waals surface area contributed by atoms with E-state index in [1.165, 1.54) is 24.0 Å². The number of nitrogens with zero attached hydrogens (tertiary/aromatic N) is 1. The smallest absolute Gasteiger partial charge is 0.315 e. The van der Waals surface area contributed by atoms with Crippen LogP contribution in [0.2, 0.25) is 0 Å². The van der Waals surface area contributed by atoms with Crippen LogP contribution in [-0.2, 0) is 11.2 Å². The summed E-state index contributed by atoms with van der Waals surface area (Å²) in [6.45, 7) is 8.71. The number of amides is 2. The maximum Gasteiger partial charge on any atom is 0.315 e. The highest BCUT2D eigenvalue weighted by Gasteiger charge is 2.23. The number of rotatable bonds is 7. The lowest BCUT2D eigenvalue weighted by molar-refractivity contribution is 0.0529. The van der Waals surface area contributed by atoms with Crippen molar-refractivity contribution in [3.63, 3.8) is 0 Å². The Morgan fingerprint density at radius 1 is 1.22 bits per heavy atom. The summed E-state index contributed by atoms with van der Waals surface area (Å²) in [5, 5.41) is 6.28. The van der Waals surface area contributed by atoms with Crippen LogP contribution in [0.5, 0.6) is 0 Å². The molecule has 27 heavy (non-hydrogen) atoms. The minimum Gasteiger partial charge on any atom is -0.377 e. The van der Waals surface area contributed by atoms with Gasteiger partial charge < -0.3 is 20.3 Å². The summed E-state index contributed by atoms with van der Waals surface area (Å²) in [7, 11) is 0. The van der Waals surface area contributed by atoms with Gasteiger partial charge in [0.25, 0.3) is 0 Å². The number of urea groups is 1. The molecule has 5 nitrogen and oxygen atoms in total. The molecule has 1 heterocycles. The molecular formula is C22H35N3O2. The summed E-state index contributed by atoms with van der Waals surface area (Å²) in [5.41, 5.74) is 2.87. The van der Waals surface area contributed by atoms with Crippen molar-refractivity contribution in [3.05, 3.63) is 35.4 Å². The van der Waals surface area contributed by atoms with Gasteiger partial charge in [-0.15, -0.1) is 0 Å². The van der Waals surface area contributed by atoms with E-state index in [1.807, 2.05) is 0 Å². The lowest BCUT2D eigenvalue weighted by Crippen LogP contribution is -2.49. The molecule has 150 valence electrons. The SMILES string of the molecule is CC(C)OCCN1CCC(NC(=O)NCC2CCCc3ccccc32)CC1. The minimum atomic E-state index is -0.0142. The molecule has 0 spiro atoms. The van der Waals surface area contributed by atoms with E-state index < -0.39 is 0 Å². The van der Waals surface area contributed by atoms with Crippen molar-refractivity contribution >= 4 is 6.03 Å². The molecule has 1 fully saturated rings. The van der Waals surface area contributed by atoms with Gasteiger partial charge in [0.15, 0.2) is 0 Å². The lowest BCUT2D eigenvalue weighted by Gasteiger charge is -2.32. The molecule has 1 aromatic carbocycles. The van der Waals surface area contributed by atoms with Crippen molar-refractivity contribution in [2.24, 2.45) is 0 Å². The second-order valence-corrected chi connectivity index (χ2v) is 8.18. The first-order chi connectivity index (χ1) is 13.1. The summed E-state index contributed by atoms with van der Waals surface area (Å²) in [6, 6.07) is 8.93. The van der Waals surface area contributed by atoms with E-state index >= 15 is 0 Å². The third-order valence-electron chi connectivity index (χ3n) is 5.78. The Labute approximate surface area is 163 Å². The number of ether oxygens (including phenoxy) is 1. The Balaban J connectivity index is 1.35. The molecule has 1 atom stereocenters. The van der Waals surface area contributed by atoms with Crippen molar-refractivity contribution in [1.29, 1.82) is 0 Å². The van der Waals surface area contributed by atoms with Crippen LogP contribution in [0.1, 0.15) is 56.6 Å². The molecule has 2 N–H and O–H groups in total. The average Bonchev–Trinajstić information content (AvgIpc) is 2.67. The first-order valence-corrected chi connectivity index (χ1v) is 10.6. The van der Waals surface area contributed by atoms with Gasteiger partial charge in [-0.25, -0.2) is 4.79 Å². The molecule has 1 aliphatic heterocycles. The standard InChI is InChI=1S/C22H35N3O2/c1-17(2)27-15-14-25-12-10-20(11-13-25)24-22(26)23-16-19-8-5-7-18-6-3-4-9-21(18)19/h3-4,6,9,17,19-20H,5,7-8,10-16H2,1-2H3,(H2,23,24,26). The van der Waals surface area contributed by atoms with Gasteiger partial charge in [0.1, 0.15) is 0 Å². The summed E-state index contributed by atoms with van der Waals surface area (Å²) >= 11 is 0. The minimum absolute atomic E-state index is 0.0142. The topological polar surface area (TPSA) is 53.6 Å². The highest BCUT2D eigenvalue weighted by Crippen LogP contribution is 2.30. The molecule has 1 unspecified atom stereocenters. The van der Waals surface area contributed by atoms with E-state index in [9.17, 15) is 4.79 Å². The molecule has 0 aromatic heterocycles. The molecular weight excluding hydrogens is 338 g/mol. The molecule has 0 saturated carbocycles. The van der Waals surface area contributed by atoms with Gasteiger partial charge in [0, 0.05) is 38.1 Å². The Kier molecular flexibility index (Phi) is 7.53. The van der Waals surface area contributed by atoms with Gasteiger partial charge in [-0.2, -0.15) is 0 Å². The predicted molar refractivity (Wildman–Crippen MR) is 109 cm³/mol. The fourth-order valence-electron chi connectivity index (χ4n) is 4.24. The van der Waals surface area contributed by atoms with Gasteiger partial charge in [-0.3, -0.25) is 0 Å². The summed E-state index contributed by atoms with van der Waals surface area (Å²) < 4.78 is 5.63. The number of likely N-dealkylation sites (tertiary alicyclic amines) is 1. The van der Waals surface area contributed by atoms with Gasteiger partial charge in [-0.1, -0.05) is 24.3 Å². The van der Waals surface area contributed by atoms with Crippen LogP contribution in [-0.4, -0.2) is 55.9 Å². The monoisotopic (exact) mass is 373 g/mol. The molecule has 1 saturated heterocycles. The Morgan fingerprint density at radius 3 is 2.78 bits per heavy atom. The number of fused-ring (bicyclic) bond motifs is 1. The van der Waals surface area contributed by atoms with Crippen LogP contribution >= 0.6 is 0 Å². The Bertz CT molecular complexity index is 597. The second kappa shape index (κ2) is 10.1. The van der Waals surface area contributed by atoms with Gasteiger partial charge in [0.2, 0.25) is 0 Å². The number of piperidine rings is 1. The van der Waals surface area contributed by atoms with Crippen LogP contribution < -0.4 is 10.6 Å². The van der Waals surface area contributed by atoms with Gasteiger partial charge in [-0.05, 0) is 57.1 Å². The quantitative estimate of drug-likeness (QED) is 0.771. The average molecular weight is 374 g/mol. The summed E-state index contributed by atoms with van der Waals surface area (Å²) in [6.07, 6.45) is 5.87. The molecule has 2 aliphatic rings. The normalized spacial score (nSPS) is 21.1. The molecule has 1 aliphatic carbocycles. The molecule has 5 heteroatoms. The number of carbonyl (C=O) groups is 1. The number of benzene rings is 1. The van der Waals surface area contributed by atoms with Crippen molar-refractivity contribution in [2.45, 2.75) is 64.0 Å². The maximum atomic E-state index is 12.3. The van der Waals surface area contributed by atoms with Crippen LogP contribution in [0.25, 0.3) is 0 Å². The third kappa shape index (κ3) is 6.22. The van der Waals surface area contributed by atoms with Crippen molar-refractivity contribution < 1.29 is 9.53 Å². The third-order valence-corrected chi connectivity index (χ3v) is 5.78. The van der Waals surface area contributed by atoms with E-state index in [-0.39, 0.29) is 12.1 Å². The highest BCUT2D eigenvalue weighted by atomic mass is 16.5. The zero-order valence-electron chi connectivity index (χ0n) is 16.9. The molecule has 0 radical (unpaired) electrons. The zero-order valence-corrected chi connectivity index (χ0v) is 16.9. The molecule has 1 aromatic rings. The van der Waals surface area contributed by atoms with Crippen LogP contribution in [0.3, 0.4) is 0 Å². The van der Waals surface area contributed by atoms with Gasteiger partial charge in [0.05, 0.1) is 12.7 Å². The fraction of sp³-hybridized carbons (Fsp3) is 0.682. The van der Waals surface area contributed by atoms with Crippen molar-refractivity contribution in [2.75, 3.05) is 32.8 Å². The van der Waals surface area contributed by atoms with Crippen LogP contribution in [0.4, 0.5) is 4.79 Å². The molecule has 2 amide bonds. The second-order valence-electron chi connectivity index (χ2n) is 8.18. The summed E-state index contributed by atoms with van der Waals surface area (Å²) in [5.74, 6) is 0.448. The van der Waals surface area contributed by atoms with Crippen molar-refractivity contribution in [1.82, 2.24) is 15.5 Å². The molecule has 0 bridgehead atoms. The number of carbonyl (C=O) groups excluding carboxylic acids is 1. The number of nitrogens with one attached hydrogen (secondary N) is 2. The predicted octanol–water partition coefficient (Wildman–Crippen LogP) is 3.30. The van der Waals surface area contributed by atoms with E-state index in [1.54, 1.807) is 0 Å². The van der Waals surface area contributed by atoms with E-state index in [2.05, 4.69) is 53.6 Å². The van der Waals surface area contributed by atoms with E-state index in [0.717, 1.165) is 52.0 Å². The van der Waals surface area contributed by atoms with Crippen molar-refractivity contribution in [3.8, 4) is 0 Å². The highest BCUT2D eigenvalue weighted by molar-refractivity contribution is 5.74. The Morgan fingerprint density at radius 2 is 2.00 bits per heavy atom. The maximum absolute atomic E-state index is 12.3. The van der Waals surface area contributed by atoms with Crippen LogP contribution in [0.15, 0.2) is 24.3 Å². The lowest BCUT2D eigenvalue weighted by atomic mass is 9.83. The van der Waals surface area contributed by atoms with E-state index in [0.29, 0.717) is 12.0 Å². The van der Waals surface area contributed by atoms with E-state index in [4.69, 9.17) is 4.74 Å². The fourth-order valence-corrected chi connectivity index (χ4v) is 4.24. The summed E-state index contributed by atoms with van der Waals surface area (Å²) in [4.78, 5) is 14.8. The number of aryl methyl sites for hydroxylation is 1. The van der Waals surface area contributed by atoms with Gasteiger partial charge >= 0.3 is 6.03 Å².